The van der Waals surface area contributed by atoms with E-state index in [0.717, 1.165) is 9.87 Å². The Hall–Kier alpha value is -1.66. The van der Waals surface area contributed by atoms with E-state index in [1.54, 1.807) is 18.2 Å². The summed E-state index contributed by atoms with van der Waals surface area (Å²) >= 11 is 0. The van der Waals surface area contributed by atoms with Crippen molar-refractivity contribution in [3.63, 3.8) is 0 Å². The topological polar surface area (TPSA) is 74.7 Å². The van der Waals surface area contributed by atoms with E-state index < -0.39 is 22.0 Å². The number of rotatable bonds is 4. The van der Waals surface area contributed by atoms with Gasteiger partial charge in [-0.3, -0.25) is 4.79 Å². The van der Waals surface area contributed by atoms with Crippen LogP contribution < -0.4 is 0 Å². The first-order chi connectivity index (χ1) is 8.96. The second-order valence-corrected chi connectivity index (χ2v) is 6.28. The lowest BCUT2D eigenvalue weighted by Gasteiger charge is -2.20. The van der Waals surface area contributed by atoms with Crippen molar-refractivity contribution in [3.05, 3.63) is 36.4 Å². The molecule has 6 heteroatoms. The van der Waals surface area contributed by atoms with Crippen molar-refractivity contribution in [2.24, 2.45) is 0 Å². The average molecular weight is 281 g/mol. The van der Waals surface area contributed by atoms with Crippen LogP contribution in [0.3, 0.4) is 0 Å². The van der Waals surface area contributed by atoms with Gasteiger partial charge in [-0.1, -0.05) is 24.8 Å². The van der Waals surface area contributed by atoms with Crippen LogP contribution in [0, 0.1) is 0 Å². The van der Waals surface area contributed by atoms with Crippen molar-refractivity contribution < 1.29 is 18.3 Å². The van der Waals surface area contributed by atoms with Crippen LogP contribution >= 0.6 is 0 Å². The van der Waals surface area contributed by atoms with Crippen molar-refractivity contribution in [3.8, 4) is 0 Å². The van der Waals surface area contributed by atoms with Gasteiger partial charge in [-0.15, -0.1) is 0 Å². The number of aliphatic carboxylic acids is 1. The van der Waals surface area contributed by atoms with Gasteiger partial charge >= 0.3 is 5.97 Å². The lowest BCUT2D eigenvalue weighted by atomic mass is 10.2. The normalized spacial score (nSPS) is 20.3. The molecule has 5 nitrogen and oxygen atoms in total. The van der Waals surface area contributed by atoms with Gasteiger partial charge in [0.05, 0.1) is 4.90 Å². The highest BCUT2D eigenvalue weighted by atomic mass is 32.2. The quantitative estimate of drug-likeness (QED) is 0.909. The van der Waals surface area contributed by atoms with E-state index in [4.69, 9.17) is 5.11 Å². The van der Waals surface area contributed by atoms with Crippen molar-refractivity contribution in [2.75, 3.05) is 6.54 Å². The Morgan fingerprint density at radius 3 is 2.53 bits per heavy atom. The third-order valence-electron chi connectivity index (χ3n) is 3.21. The molecular weight excluding hydrogens is 266 g/mol. The van der Waals surface area contributed by atoms with E-state index >= 15 is 0 Å². The van der Waals surface area contributed by atoms with Gasteiger partial charge in [0.1, 0.15) is 6.04 Å². The second-order valence-electron chi connectivity index (χ2n) is 4.39. The fourth-order valence-electron chi connectivity index (χ4n) is 2.19. The summed E-state index contributed by atoms with van der Waals surface area (Å²) in [6.07, 6.45) is 2.55. The predicted molar refractivity (Wildman–Crippen MR) is 71.1 cm³/mol. The molecule has 0 aliphatic carbocycles. The molecule has 0 bridgehead atoms. The molecule has 1 heterocycles. The molecule has 0 amide bonds. The summed E-state index contributed by atoms with van der Waals surface area (Å²) in [6, 6.07) is 5.29. The zero-order valence-electron chi connectivity index (χ0n) is 10.3. The van der Waals surface area contributed by atoms with Crippen LogP contribution in [-0.4, -0.2) is 36.4 Å². The largest absolute Gasteiger partial charge is 0.480 e. The van der Waals surface area contributed by atoms with E-state index in [0.29, 0.717) is 12.8 Å². The van der Waals surface area contributed by atoms with Gasteiger partial charge in [0.15, 0.2) is 0 Å². The molecule has 1 fully saturated rings. The number of carboxylic acid groups (broad SMARTS) is 1. The number of hydrogen-bond acceptors (Lipinski definition) is 3. The molecule has 1 aliphatic heterocycles. The molecule has 0 spiro atoms. The number of sulfonamides is 1. The number of nitrogens with zero attached hydrogens (tertiary/aromatic N) is 1. The summed E-state index contributed by atoms with van der Waals surface area (Å²) in [5, 5.41) is 9.06. The first-order valence-corrected chi connectivity index (χ1v) is 7.38. The van der Waals surface area contributed by atoms with Crippen molar-refractivity contribution in [1.82, 2.24) is 4.31 Å². The van der Waals surface area contributed by atoms with E-state index in [1.165, 1.54) is 12.1 Å². The van der Waals surface area contributed by atoms with Crippen LogP contribution in [0.1, 0.15) is 18.4 Å². The minimum atomic E-state index is -3.74. The van der Waals surface area contributed by atoms with Gasteiger partial charge in [-0.25, -0.2) is 8.42 Å². The predicted octanol–water partition coefficient (Wildman–Crippen LogP) is 1.57. The molecule has 1 aliphatic rings. The molecule has 0 radical (unpaired) electrons. The maximum absolute atomic E-state index is 12.4. The molecule has 1 aromatic rings. The summed E-state index contributed by atoms with van der Waals surface area (Å²) in [6.45, 7) is 3.85. The van der Waals surface area contributed by atoms with Crippen LogP contribution in [0.4, 0.5) is 0 Å². The van der Waals surface area contributed by atoms with Gasteiger partial charge in [0.25, 0.3) is 0 Å². The Bertz CT molecular complexity index is 592. The van der Waals surface area contributed by atoms with Crippen molar-refractivity contribution >= 4 is 22.1 Å². The average Bonchev–Trinajstić information content (AvgIpc) is 2.89. The molecule has 1 aromatic carbocycles. The Labute approximate surface area is 112 Å². The third-order valence-corrected chi connectivity index (χ3v) is 5.13. The highest BCUT2D eigenvalue weighted by molar-refractivity contribution is 7.89. The zero-order valence-corrected chi connectivity index (χ0v) is 11.1. The molecule has 1 saturated heterocycles. The minimum absolute atomic E-state index is 0.117. The Kier molecular flexibility index (Phi) is 3.73. The van der Waals surface area contributed by atoms with Crippen LogP contribution in [0.25, 0.3) is 6.08 Å². The van der Waals surface area contributed by atoms with E-state index in [-0.39, 0.29) is 11.4 Å². The fourth-order valence-corrected chi connectivity index (χ4v) is 3.84. The lowest BCUT2D eigenvalue weighted by Crippen LogP contribution is -2.40. The molecule has 0 unspecified atom stereocenters. The highest BCUT2D eigenvalue weighted by Gasteiger charge is 2.39. The third kappa shape index (κ3) is 2.54. The molecule has 0 saturated carbocycles. The maximum Gasteiger partial charge on any atom is 0.322 e. The lowest BCUT2D eigenvalue weighted by molar-refractivity contribution is -0.140. The summed E-state index contributed by atoms with van der Waals surface area (Å²) in [5.74, 6) is -1.09. The summed E-state index contributed by atoms with van der Waals surface area (Å²) in [4.78, 5) is 11.2. The molecule has 1 N–H and O–H groups in total. The number of carboxylic acids is 1. The van der Waals surface area contributed by atoms with E-state index in [9.17, 15) is 13.2 Å². The van der Waals surface area contributed by atoms with Gasteiger partial charge < -0.3 is 5.11 Å². The SMILES string of the molecule is C=Cc1ccc(S(=O)(=O)N2CCC[C@H]2C(=O)O)cc1. The number of benzene rings is 1. The monoisotopic (exact) mass is 281 g/mol. The van der Waals surface area contributed by atoms with E-state index in [1.807, 2.05) is 0 Å². The molecule has 0 aromatic heterocycles. The van der Waals surface area contributed by atoms with Crippen LogP contribution in [0.5, 0.6) is 0 Å². The molecule has 2 rings (SSSR count). The number of hydrogen-bond donors (Lipinski definition) is 1. The van der Waals surface area contributed by atoms with Crippen LogP contribution in [0.2, 0.25) is 0 Å². The van der Waals surface area contributed by atoms with Crippen LogP contribution in [0.15, 0.2) is 35.7 Å². The Morgan fingerprint density at radius 2 is 2.00 bits per heavy atom. The fraction of sp³-hybridized carbons (Fsp3) is 0.308. The first kappa shape index (κ1) is 13.8. The summed E-state index contributed by atoms with van der Waals surface area (Å²) in [7, 11) is -3.74. The van der Waals surface area contributed by atoms with Gasteiger partial charge in [0, 0.05) is 6.54 Å². The molecular formula is C13H15NO4S. The van der Waals surface area contributed by atoms with Crippen molar-refractivity contribution in [2.45, 2.75) is 23.8 Å². The zero-order chi connectivity index (χ0) is 14.0. The highest BCUT2D eigenvalue weighted by Crippen LogP contribution is 2.26. The Balaban J connectivity index is 2.35. The van der Waals surface area contributed by atoms with Gasteiger partial charge in [-0.05, 0) is 30.5 Å². The molecule has 19 heavy (non-hydrogen) atoms. The molecule has 1 atom stereocenters. The second kappa shape index (κ2) is 5.14. The molecule has 102 valence electrons. The first-order valence-electron chi connectivity index (χ1n) is 5.94. The van der Waals surface area contributed by atoms with Gasteiger partial charge in [0.2, 0.25) is 10.0 Å². The number of carbonyl (C=O) groups is 1. The van der Waals surface area contributed by atoms with Crippen LogP contribution in [-0.2, 0) is 14.8 Å². The van der Waals surface area contributed by atoms with Gasteiger partial charge in [-0.2, -0.15) is 4.31 Å². The van der Waals surface area contributed by atoms with Crippen molar-refractivity contribution in [1.29, 1.82) is 0 Å². The smallest absolute Gasteiger partial charge is 0.322 e. The standard InChI is InChI=1S/C13H15NO4S/c1-2-10-5-7-11(8-6-10)19(17,18)14-9-3-4-12(14)13(15)16/h2,5-8,12H,1,3-4,9H2,(H,15,16)/t12-/m0/s1. The summed E-state index contributed by atoms with van der Waals surface area (Å²) in [5.41, 5.74) is 0.815. The van der Waals surface area contributed by atoms with E-state index in [2.05, 4.69) is 6.58 Å². The maximum atomic E-state index is 12.4. The minimum Gasteiger partial charge on any atom is -0.480 e. The summed E-state index contributed by atoms with van der Waals surface area (Å²) < 4.78 is 25.8. The Morgan fingerprint density at radius 1 is 1.37 bits per heavy atom.